The van der Waals surface area contributed by atoms with Crippen molar-refractivity contribution < 1.29 is 17.9 Å². The smallest absolute Gasteiger partial charge is 0.162 e. The van der Waals surface area contributed by atoms with Gasteiger partial charge >= 0.3 is 0 Å². The summed E-state index contributed by atoms with van der Waals surface area (Å²) in [6.45, 7) is 17.1. The number of rotatable bonds is 10. The summed E-state index contributed by atoms with van der Waals surface area (Å²) in [6.07, 6.45) is 9.08. The van der Waals surface area contributed by atoms with Gasteiger partial charge in [-0.05, 0) is 54.2 Å². The Morgan fingerprint density at radius 3 is 2.31 bits per heavy atom. The van der Waals surface area contributed by atoms with Crippen LogP contribution in [0.15, 0.2) is 85.0 Å². The highest BCUT2D eigenvalue weighted by Crippen LogP contribution is 2.37. The van der Waals surface area contributed by atoms with Crippen molar-refractivity contribution in [2.75, 3.05) is 7.11 Å². The Morgan fingerprint density at radius 1 is 1.03 bits per heavy atom. The maximum Gasteiger partial charge on any atom is 0.162 e. The zero-order valence-corrected chi connectivity index (χ0v) is 19.2. The number of methoxy groups -OCH3 is 1. The van der Waals surface area contributed by atoms with E-state index in [1.165, 1.54) is 7.11 Å². The highest BCUT2D eigenvalue weighted by atomic mass is 19.2. The number of halogens is 3. The third kappa shape index (κ3) is 6.88. The van der Waals surface area contributed by atoms with E-state index in [9.17, 15) is 13.2 Å². The molecule has 4 heteroatoms. The van der Waals surface area contributed by atoms with E-state index in [-0.39, 0.29) is 17.3 Å². The van der Waals surface area contributed by atoms with Crippen molar-refractivity contribution in [1.82, 2.24) is 0 Å². The summed E-state index contributed by atoms with van der Waals surface area (Å²) >= 11 is 0. The van der Waals surface area contributed by atoms with Gasteiger partial charge in [-0.15, -0.1) is 0 Å². The largest absolute Gasteiger partial charge is 0.497 e. The van der Waals surface area contributed by atoms with Gasteiger partial charge in [-0.25, -0.2) is 13.2 Å². The zero-order valence-electron chi connectivity index (χ0n) is 19.2. The van der Waals surface area contributed by atoms with Gasteiger partial charge in [0, 0.05) is 11.6 Å². The molecular formula is C28H33F3O. The van der Waals surface area contributed by atoms with E-state index in [2.05, 4.69) is 33.2 Å². The molecule has 0 heterocycles. The van der Waals surface area contributed by atoms with Crippen molar-refractivity contribution in [2.24, 2.45) is 5.92 Å². The van der Waals surface area contributed by atoms with Crippen molar-refractivity contribution in [3.05, 3.63) is 108 Å². The van der Waals surface area contributed by atoms with Gasteiger partial charge in [-0.2, -0.15) is 0 Å². The third-order valence-corrected chi connectivity index (χ3v) is 6.11. The van der Waals surface area contributed by atoms with Crippen LogP contribution in [0.25, 0.3) is 0 Å². The molecule has 1 saturated carbocycles. The van der Waals surface area contributed by atoms with Gasteiger partial charge in [0.05, 0.1) is 7.11 Å². The van der Waals surface area contributed by atoms with Crippen LogP contribution in [-0.2, 0) is 11.2 Å². The second kappa shape index (κ2) is 11.8. The Labute approximate surface area is 190 Å². The molecule has 1 nitrogen and oxygen atoms in total. The predicted octanol–water partition coefficient (Wildman–Crippen LogP) is 8.43. The van der Waals surface area contributed by atoms with E-state index < -0.39 is 17.5 Å². The molecule has 1 aliphatic rings. The minimum absolute atomic E-state index is 0.0993. The summed E-state index contributed by atoms with van der Waals surface area (Å²) in [5, 5.41) is 0. The van der Waals surface area contributed by atoms with E-state index in [0.717, 1.165) is 31.8 Å². The first-order valence-electron chi connectivity index (χ1n) is 10.9. The normalized spacial score (nSPS) is 19.1. The van der Waals surface area contributed by atoms with Gasteiger partial charge in [-0.3, -0.25) is 0 Å². The maximum atomic E-state index is 14.7. The average Bonchev–Trinajstić information content (AvgIpc) is 2.78. The van der Waals surface area contributed by atoms with Crippen LogP contribution in [0.5, 0.6) is 0 Å². The first kappa shape index (κ1) is 25.5. The molecule has 0 amide bonds. The van der Waals surface area contributed by atoms with Crippen LogP contribution in [0.4, 0.5) is 13.2 Å². The maximum absolute atomic E-state index is 14.7. The second-order valence-corrected chi connectivity index (χ2v) is 8.56. The van der Waals surface area contributed by atoms with Gasteiger partial charge in [0.25, 0.3) is 0 Å². The van der Waals surface area contributed by atoms with Crippen molar-refractivity contribution in [3.8, 4) is 0 Å². The molecule has 172 valence electrons. The molecule has 0 bridgehead atoms. The molecule has 0 aromatic heterocycles. The highest BCUT2D eigenvalue weighted by Gasteiger charge is 2.24. The van der Waals surface area contributed by atoms with Crippen LogP contribution < -0.4 is 0 Å². The van der Waals surface area contributed by atoms with Crippen LogP contribution in [0.1, 0.15) is 56.1 Å². The van der Waals surface area contributed by atoms with Crippen molar-refractivity contribution in [2.45, 2.75) is 51.4 Å². The van der Waals surface area contributed by atoms with Crippen LogP contribution >= 0.6 is 0 Å². The lowest BCUT2D eigenvalue weighted by Gasteiger charge is -2.27. The molecule has 1 fully saturated rings. The van der Waals surface area contributed by atoms with E-state index in [1.807, 2.05) is 0 Å². The monoisotopic (exact) mass is 442 g/mol. The average molecular weight is 443 g/mol. The number of aryl methyl sites for hydroxylation is 1. The molecule has 0 spiro atoms. The number of benzene rings is 1. The van der Waals surface area contributed by atoms with Crippen LogP contribution in [0.3, 0.4) is 0 Å². The van der Waals surface area contributed by atoms with Crippen molar-refractivity contribution in [3.63, 3.8) is 0 Å². The molecule has 1 aromatic carbocycles. The van der Waals surface area contributed by atoms with E-state index in [4.69, 9.17) is 4.74 Å². The van der Waals surface area contributed by atoms with E-state index in [1.54, 1.807) is 24.3 Å². The molecule has 1 aliphatic carbocycles. The number of ether oxygens (including phenoxy) is 1. The van der Waals surface area contributed by atoms with Crippen LogP contribution in [0, 0.1) is 17.6 Å². The summed E-state index contributed by atoms with van der Waals surface area (Å²) < 4.78 is 48.3. The quantitative estimate of drug-likeness (QED) is 0.261. The fraction of sp³-hybridized carbons (Fsp3) is 0.357. The molecule has 1 aromatic rings. The number of hydrogen-bond donors (Lipinski definition) is 0. The Bertz CT molecular complexity index is 944. The lowest BCUT2D eigenvalue weighted by molar-refractivity contribution is 0.307. The summed E-state index contributed by atoms with van der Waals surface area (Å²) in [6, 6.07) is 3.42. The molecule has 0 unspecified atom stereocenters. The van der Waals surface area contributed by atoms with Gasteiger partial charge in [0.1, 0.15) is 11.6 Å². The topological polar surface area (TPSA) is 9.23 Å². The predicted molar refractivity (Wildman–Crippen MR) is 127 cm³/mol. The van der Waals surface area contributed by atoms with Crippen LogP contribution in [0.2, 0.25) is 0 Å². The van der Waals surface area contributed by atoms with E-state index >= 15 is 0 Å². The van der Waals surface area contributed by atoms with Crippen molar-refractivity contribution in [1.29, 1.82) is 0 Å². The number of hydrogen-bond acceptors (Lipinski definition) is 1. The first-order valence-corrected chi connectivity index (χ1v) is 10.9. The molecule has 0 radical (unpaired) electrons. The highest BCUT2D eigenvalue weighted by molar-refractivity contribution is 5.48. The van der Waals surface area contributed by atoms with Gasteiger partial charge in [-0.1, -0.05) is 75.9 Å². The standard InChI is InChI=1S/C28H33F3O/c1-18(7-11-20(3)22(5)26(29)17-21(4)32-6)10-14-24-15-16-25(28(31)27(24)30)23-12-8-19(2)9-13-23/h7,11,15-17,19,23H,1,3-5,8-10,12-14H2,2,6H3/b11-7-,26-17+. The molecule has 0 aliphatic heterocycles. The molecule has 2 rings (SSSR count). The fourth-order valence-electron chi connectivity index (χ4n) is 3.82. The SMILES string of the molecule is C=C(/C=C\C(=C)C(=C)/C(F)=C\C(=C)OC)CCc1ccc(C2CCC(C)CC2)c(F)c1F. The van der Waals surface area contributed by atoms with Gasteiger partial charge in [0.15, 0.2) is 11.6 Å². The molecule has 0 saturated heterocycles. The Morgan fingerprint density at radius 2 is 1.69 bits per heavy atom. The Hall–Kier alpha value is -2.75. The molecule has 0 N–H and O–H groups in total. The van der Waals surface area contributed by atoms with Gasteiger partial charge in [0.2, 0.25) is 0 Å². The summed E-state index contributed by atoms with van der Waals surface area (Å²) in [5.74, 6) is -1.15. The minimum Gasteiger partial charge on any atom is -0.497 e. The molecule has 0 atom stereocenters. The second-order valence-electron chi connectivity index (χ2n) is 8.56. The molecule has 32 heavy (non-hydrogen) atoms. The van der Waals surface area contributed by atoms with Crippen molar-refractivity contribution >= 4 is 0 Å². The Balaban J connectivity index is 1.95. The fourth-order valence-corrected chi connectivity index (χ4v) is 3.82. The summed E-state index contributed by atoms with van der Waals surface area (Å²) in [7, 11) is 1.40. The lowest BCUT2D eigenvalue weighted by Crippen LogP contribution is -2.13. The molecular weight excluding hydrogens is 409 g/mol. The zero-order chi connectivity index (χ0) is 23.8. The first-order chi connectivity index (χ1) is 15.1. The summed E-state index contributed by atoms with van der Waals surface area (Å²) in [5.41, 5.74) is 1.99. The third-order valence-electron chi connectivity index (χ3n) is 6.11. The number of allylic oxidation sites excluding steroid dienone is 7. The van der Waals surface area contributed by atoms with E-state index in [0.29, 0.717) is 41.0 Å². The summed E-state index contributed by atoms with van der Waals surface area (Å²) in [4.78, 5) is 0. The van der Waals surface area contributed by atoms with Gasteiger partial charge < -0.3 is 4.74 Å². The minimum atomic E-state index is -0.763. The lowest BCUT2D eigenvalue weighted by atomic mass is 9.79. The van der Waals surface area contributed by atoms with Crippen LogP contribution in [-0.4, -0.2) is 7.11 Å². The Kier molecular flexibility index (Phi) is 9.37.